The second-order valence-electron chi connectivity index (χ2n) is 3.25. The van der Waals surface area contributed by atoms with Crippen molar-refractivity contribution in [1.29, 1.82) is 0 Å². The van der Waals surface area contributed by atoms with Gasteiger partial charge in [-0.1, -0.05) is 26.0 Å². The summed E-state index contributed by atoms with van der Waals surface area (Å²) in [7, 11) is 0. The van der Waals surface area contributed by atoms with Gasteiger partial charge in [-0.3, -0.25) is 0 Å². The van der Waals surface area contributed by atoms with E-state index >= 15 is 0 Å². The summed E-state index contributed by atoms with van der Waals surface area (Å²) in [6.45, 7) is 9.50. The minimum atomic E-state index is 0.523. The molecule has 0 unspecified atom stereocenters. The Kier molecular flexibility index (Phi) is 2.84. The molecule has 0 saturated carbocycles. The van der Waals surface area contributed by atoms with Gasteiger partial charge in [0.25, 0.3) is 0 Å². The summed E-state index contributed by atoms with van der Waals surface area (Å²) in [4.78, 5) is 0. The van der Waals surface area contributed by atoms with Crippen molar-refractivity contribution < 1.29 is 0 Å². The molecule has 0 atom stereocenters. The molecule has 3 heteroatoms. The van der Waals surface area contributed by atoms with Gasteiger partial charge in [-0.15, -0.1) is 5.10 Å². The molecule has 0 radical (unpaired) electrons. The highest BCUT2D eigenvalue weighted by molar-refractivity contribution is 5.13. The first-order chi connectivity index (χ1) is 5.70. The Bertz CT molecular complexity index is 229. The van der Waals surface area contributed by atoms with E-state index in [0.717, 1.165) is 18.7 Å². The first-order valence-corrected chi connectivity index (χ1v) is 4.62. The molecule has 0 aliphatic rings. The van der Waals surface area contributed by atoms with E-state index in [1.807, 2.05) is 4.68 Å². The van der Waals surface area contributed by atoms with Gasteiger partial charge in [-0.2, -0.15) is 0 Å². The SMILES string of the molecule is CCc1nnn(CC)c1C(C)C. The van der Waals surface area contributed by atoms with Crippen LogP contribution in [0.15, 0.2) is 0 Å². The quantitative estimate of drug-likeness (QED) is 0.689. The number of aryl methyl sites for hydroxylation is 2. The molecular weight excluding hydrogens is 150 g/mol. The summed E-state index contributed by atoms with van der Waals surface area (Å²) in [5.41, 5.74) is 2.44. The van der Waals surface area contributed by atoms with Crippen molar-refractivity contribution >= 4 is 0 Å². The Hall–Kier alpha value is -0.860. The van der Waals surface area contributed by atoms with Gasteiger partial charge in [-0.05, 0) is 19.3 Å². The highest BCUT2D eigenvalue weighted by atomic mass is 15.4. The molecule has 1 rings (SSSR count). The Morgan fingerprint density at radius 3 is 2.42 bits per heavy atom. The summed E-state index contributed by atoms with van der Waals surface area (Å²) >= 11 is 0. The van der Waals surface area contributed by atoms with Crippen LogP contribution in [-0.4, -0.2) is 15.0 Å². The zero-order valence-corrected chi connectivity index (χ0v) is 8.33. The lowest BCUT2D eigenvalue weighted by molar-refractivity contribution is 0.579. The van der Waals surface area contributed by atoms with Gasteiger partial charge in [0.1, 0.15) is 0 Å². The maximum Gasteiger partial charge on any atom is 0.0859 e. The Morgan fingerprint density at radius 2 is 2.00 bits per heavy atom. The lowest BCUT2D eigenvalue weighted by Crippen LogP contribution is -2.05. The minimum absolute atomic E-state index is 0.523. The Morgan fingerprint density at radius 1 is 1.33 bits per heavy atom. The summed E-state index contributed by atoms with van der Waals surface area (Å²) in [6, 6.07) is 0. The molecule has 0 saturated heterocycles. The maximum atomic E-state index is 4.14. The van der Waals surface area contributed by atoms with Gasteiger partial charge in [-0.25, -0.2) is 4.68 Å². The van der Waals surface area contributed by atoms with Gasteiger partial charge in [0, 0.05) is 6.54 Å². The van der Waals surface area contributed by atoms with Crippen molar-refractivity contribution in [3.8, 4) is 0 Å². The summed E-state index contributed by atoms with van der Waals surface area (Å²) in [5.74, 6) is 0.523. The number of hydrogen-bond acceptors (Lipinski definition) is 2. The Balaban J connectivity index is 3.07. The fraction of sp³-hybridized carbons (Fsp3) is 0.778. The van der Waals surface area contributed by atoms with Crippen molar-refractivity contribution in [2.45, 2.75) is 46.6 Å². The third kappa shape index (κ3) is 1.49. The van der Waals surface area contributed by atoms with Crippen molar-refractivity contribution in [3.05, 3.63) is 11.4 Å². The predicted molar refractivity (Wildman–Crippen MR) is 49.2 cm³/mol. The van der Waals surface area contributed by atoms with Gasteiger partial charge < -0.3 is 0 Å². The molecule has 1 heterocycles. The average Bonchev–Trinajstić information content (AvgIpc) is 2.46. The van der Waals surface area contributed by atoms with E-state index in [1.165, 1.54) is 5.69 Å². The minimum Gasteiger partial charge on any atom is -0.249 e. The molecule has 0 aliphatic carbocycles. The zero-order chi connectivity index (χ0) is 9.14. The van der Waals surface area contributed by atoms with E-state index in [-0.39, 0.29) is 0 Å². The van der Waals surface area contributed by atoms with Crippen LogP contribution in [0.1, 0.15) is 45.0 Å². The van der Waals surface area contributed by atoms with Crippen molar-refractivity contribution in [2.24, 2.45) is 0 Å². The standard InChI is InChI=1S/C9H17N3/c1-5-8-9(7(3)4)12(6-2)11-10-8/h7H,5-6H2,1-4H3. The fourth-order valence-electron chi connectivity index (χ4n) is 1.47. The lowest BCUT2D eigenvalue weighted by atomic mass is 10.1. The number of rotatable bonds is 3. The zero-order valence-electron chi connectivity index (χ0n) is 8.33. The second kappa shape index (κ2) is 3.70. The van der Waals surface area contributed by atoms with E-state index in [0.29, 0.717) is 5.92 Å². The number of hydrogen-bond donors (Lipinski definition) is 0. The number of nitrogens with zero attached hydrogens (tertiary/aromatic N) is 3. The molecule has 0 N–H and O–H groups in total. The van der Waals surface area contributed by atoms with Gasteiger partial charge >= 0.3 is 0 Å². The molecule has 0 fully saturated rings. The van der Waals surface area contributed by atoms with Crippen LogP contribution in [0.25, 0.3) is 0 Å². The molecule has 0 amide bonds. The Labute approximate surface area is 73.8 Å². The van der Waals surface area contributed by atoms with Crippen LogP contribution in [0.4, 0.5) is 0 Å². The van der Waals surface area contributed by atoms with Crippen LogP contribution in [0.2, 0.25) is 0 Å². The van der Waals surface area contributed by atoms with Crippen LogP contribution in [0, 0.1) is 0 Å². The highest BCUT2D eigenvalue weighted by Gasteiger charge is 2.12. The van der Waals surface area contributed by atoms with Crippen molar-refractivity contribution in [1.82, 2.24) is 15.0 Å². The molecule has 1 aromatic rings. The molecule has 0 bridgehead atoms. The molecule has 1 aromatic heterocycles. The first kappa shape index (κ1) is 9.23. The molecule has 0 spiro atoms. The first-order valence-electron chi connectivity index (χ1n) is 4.62. The van der Waals surface area contributed by atoms with E-state index < -0.39 is 0 Å². The van der Waals surface area contributed by atoms with Crippen LogP contribution >= 0.6 is 0 Å². The monoisotopic (exact) mass is 167 g/mol. The van der Waals surface area contributed by atoms with Crippen LogP contribution in [0.3, 0.4) is 0 Å². The number of aromatic nitrogens is 3. The van der Waals surface area contributed by atoms with Crippen LogP contribution in [0.5, 0.6) is 0 Å². The van der Waals surface area contributed by atoms with E-state index in [2.05, 4.69) is 38.0 Å². The third-order valence-electron chi connectivity index (χ3n) is 2.03. The van der Waals surface area contributed by atoms with E-state index in [1.54, 1.807) is 0 Å². The van der Waals surface area contributed by atoms with Gasteiger partial charge in [0.05, 0.1) is 11.4 Å². The second-order valence-corrected chi connectivity index (χ2v) is 3.25. The maximum absolute atomic E-state index is 4.14. The summed E-state index contributed by atoms with van der Waals surface area (Å²) in [6.07, 6.45) is 0.980. The topological polar surface area (TPSA) is 30.7 Å². The molecule has 0 aromatic carbocycles. The van der Waals surface area contributed by atoms with Crippen molar-refractivity contribution in [3.63, 3.8) is 0 Å². The molecule has 12 heavy (non-hydrogen) atoms. The molecular formula is C9H17N3. The van der Waals surface area contributed by atoms with Crippen molar-refractivity contribution in [2.75, 3.05) is 0 Å². The smallest absolute Gasteiger partial charge is 0.0859 e. The molecule has 68 valence electrons. The normalized spacial score (nSPS) is 11.1. The van der Waals surface area contributed by atoms with Crippen LogP contribution < -0.4 is 0 Å². The highest BCUT2D eigenvalue weighted by Crippen LogP contribution is 2.17. The lowest BCUT2D eigenvalue weighted by Gasteiger charge is -2.07. The molecule has 0 aliphatic heterocycles. The predicted octanol–water partition coefficient (Wildman–Crippen LogP) is 1.98. The largest absolute Gasteiger partial charge is 0.249 e. The van der Waals surface area contributed by atoms with Gasteiger partial charge in [0.2, 0.25) is 0 Å². The van der Waals surface area contributed by atoms with Gasteiger partial charge in [0.15, 0.2) is 0 Å². The van der Waals surface area contributed by atoms with E-state index in [9.17, 15) is 0 Å². The summed E-state index contributed by atoms with van der Waals surface area (Å²) in [5, 5.41) is 8.23. The molecule has 3 nitrogen and oxygen atoms in total. The van der Waals surface area contributed by atoms with Crippen LogP contribution in [-0.2, 0) is 13.0 Å². The fourth-order valence-corrected chi connectivity index (χ4v) is 1.47. The third-order valence-corrected chi connectivity index (χ3v) is 2.03. The summed E-state index contributed by atoms with van der Waals surface area (Å²) < 4.78 is 1.99. The average molecular weight is 167 g/mol. The van der Waals surface area contributed by atoms with E-state index in [4.69, 9.17) is 0 Å².